The molecule has 2 fully saturated rings. The van der Waals surface area contributed by atoms with Gasteiger partial charge in [0.1, 0.15) is 5.75 Å². The summed E-state index contributed by atoms with van der Waals surface area (Å²) in [5, 5.41) is 3.09. The summed E-state index contributed by atoms with van der Waals surface area (Å²) in [6.07, 6.45) is 6.00. The van der Waals surface area contributed by atoms with Crippen molar-refractivity contribution in [2.45, 2.75) is 31.7 Å². The molecule has 7 nitrogen and oxygen atoms in total. The van der Waals surface area contributed by atoms with Crippen LogP contribution in [-0.2, 0) is 4.79 Å². The minimum Gasteiger partial charge on any atom is -0.497 e. The van der Waals surface area contributed by atoms with Crippen LogP contribution in [0.3, 0.4) is 0 Å². The number of furan rings is 1. The zero-order valence-corrected chi connectivity index (χ0v) is 17.4. The Morgan fingerprint density at radius 2 is 1.87 bits per heavy atom. The average Bonchev–Trinajstić information content (AvgIpc) is 3.49. The molecule has 1 aliphatic heterocycles. The normalized spacial score (nSPS) is 18.9. The lowest BCUT2D eigenvalue weighted by molar-refractivity contribution is -0.123. The quantitative estimate of drug-likeness (QED) is 0.790. The number of hydrogen-bond donors (Lipinski definition) is 1. The Balaban J connectivity index is 1.43. The van der Waals surface area contributed by atoms with E-state index in [1.54, 1.807) is 24.1 Å². The van der Waals surface area contributed by atoms with Gasteiger partial charge >= 0.3 is 0 Å². The highest BCUT2D eigenvalue weighted by Crippen LogP contribution is 2.32. The highest BCUT2D eigenvalue weighted by atomic mass is 16.5. The van der Waals surface area contributed by atoms with Crippen LogP contribution in [0.2, 0.25) is 0 Å². The smallest absolute Gasteiger partial charge is 0.289 e. The maximum absolute atomic E-state index is 13.3. The molecular weight excluding hydrogens is 382 g/mol. The molecule has 2 aromatic rings. The Labute approximate surface area is 177 Å². The Hall–Kier alpha value is -2.80. The summed E-state index contributed by atoms with van der Waals surface area (Å²) >= 11 is 0. The minimum absolute atomic E-state index is 0.0287. The standard InChI is InChI=1S/C23H29N3O4/c1-29-19-9-4-8-18(16-19)24-22(27)21(17-6-2-3-7-17)25-11-13-26(14-12-25)23(28)20-10-5-15-30-20/h4-5,8-10,15-17,21H,2-3,6-7,11-14H2,1H3,(H,24,27)/t21-/m1/s1. The van der Waals surface area contributed by atoms with Gasteiger partial charge in [0.2, 0.25) is 5.91 Å². The third-order valence-corrected chi connectivity index (χ3v) is 6.18. The summed E-state index contributed by atoms with van der Waals surface area (Å²) in [6, 6.07) is 10.7. The van der Waals surface area contributed by atoms with Gasteiger partial charge in [0.25, 0.3) is 5.91 Å². The maximum Gasteiger partial charge on any atom is 0.289 e. The number of carbonyl (C=O) groups excluding carboxylic acids is 2. The number of methoxy groups -OCH3 is 1. The van der Waals surface area contributed by atoms with Crippen LogP contribution < -0.4 is 10.1 Å². The highest BCUT2D eigenvalue weighted by Gasteiger charge is 2.37. The fourth-order valence-electron chi connectivity index (χ4n) is 4.63. The summed E-state index contributed by atoms with van der Waals surface area (Å²) in [4.78, 5) is 29.9. The van der Waals surface area contributed by atoms with E-state index in [4.69, 9.17) is 9.15 Å². The monoisotopic (exact) mass is 411 g/mol. The summed E-state index contributed by atoms with van der Waals surface area (Å²) in [7, 11) is 1.62. The van der Waals surface area contributed by atoms with E-state index in [-0.39, 0.29) is 17.9 Å². The van der Waals surface area contributed by atoms with E-state index in [2.05, 4.69) is 10.2 Å². The summed E-state index contributed by atoms with van der Waals surface area (Å²) in [5.41, 5.74) is 0.744. The topological polar surface area (TPSA) is 75.0 Å². The number of nitrogens with zero attached hydrogens (tertiary/aromatic N) is 2. The van der Waals surface area contributed by atoms with Crippen molar-refractivity contribution in [2.75, 3.05) is 38.6 Å². The van der Waals surface area contributed by atoms with Gasteiger partial charge in [-0.05, 0) is 43.0 Å². The molecule has 1 aromatic carbocycles. The molecule has 0 unspecified atom stereocenters. The van der Waals surface area contributed by atoms with Crippen LogP contribution in [0.15, 0.2) is 47.1 Å². The third kappa shape index (κ3) is 4.51. The molecule has 2 amide bonds. The molecule has 2 heterocycles. The van der Waals surface area contributed by atoms with Gasteiger partial charge in [0, 0.05) is 37.9 Å². The van der Waals surface area contributed by atoms with Gasteiger partial charge in [-0.1, -0.05) is 18.9 Å². The van der Waals surface area contributed by atoms with Crippen LogP contribution >= 0.6 is 0 Å². The fraction of sp³-hybridized carbons (Fsp3) is 0.478. The van der Waals surface area contributed by atoms with E-state index in [9.17, 15) is 9.59 Å². The first kappa shape index (κ1) is 20.5. The van der Waals surface area contributed by atoms with Crippen LogP contribution in [0.5, 0.6) is 5.75 Å². The number of amides is 2. The lowest BCUT2D eigenvalue weighted by atomic mass is 9.94. The third-order valence-electron chi connectivity index (χ3n) is 6.18. The van der Waals surface area contributed by atoms with Crippen molar-refractivity contribution < 1.29 is 18.7 Å². The van der Waals surface area contributed by atoms with Crippen molar-refractivity contribution in [3.8, 4) is 5.75 Å². The van der Waals surface area contributed by atoms with E-state index >= 15 is 0 Å². The van der Waals surface area contributed by atoms with E-state index < -0.39 is 0 Å². The Morgan fingerprint density at radius 3 is 2.53 bits per heavy atom. The molecule has 0 radical (unpaired) electrons. The number of benzene rings is 1. The number of nitrogens with one attached hydrogen (secondary N) is 1. The molecule has 1 aromatic heterocycles. The summed E-state index contributed by atoms with van der Waals surface area (Å²) in [6.45, 7) is 2.54. The van der Waals surface area contributed by atoms with Gasteiger partial charge in [-0.15, -0.1) is 0 Å². The molecule has 1 saturated carbocycles. The molecule has 1 saturated heterocycles. The first-order chi connectivity index (χ1) is 14.7. The average molecular weight is 412 g/mol. The molecule has 30 heavy (non-hydrogen) atoms. The van der Waals surface area contributed by atoms with Gasteiger partial charge in [-0.2, -0.15) is 0 Å². The molecule has 0 spiro atoms. The van der Waals surface area contributed by atoms with E-state index in [0.29, 0.717) is 37.9 Å². The zero-order valence-electron chi connectivity index (χ0n) is 17.4. The molecule has 1 aliphatic carbocycles. The molecule has 2 aliphatic rings. The minimum atomic E-state index is -0.181. The van der Waals surface area contributed by atoms with Crippen molar-refractivity contribution in [3.63, 3.8) is 0 Å². The number of anilines is 1. The number of carbonyl (C=O) groups is 2. The lowest BCUT2D eigenvalue weighted by Crippen LogP contribution is -2.56. The first-order valence-electron chi connectivity index (χ1n) is 10.7. The molecular formula is C23H29N3O4. The number of piperazine rings is 1. The van der Waals surface area contributed by atoms with Crippen LogP contribution in [0, 0.1) is 5.92 Å². The molecule has 0 bridgehead atoms. The van der Waals surface area contributed by atoms with Crippen molar-refractivity contribution in [1.82, 2.24) is 9.80 Å². The number of ether oxygens (including phenoxy) is 1. The fourth-order valence-corrected chi connectivity index (χ4v) is 4.63. The van der Waals surface area contributed by atoms with Crippen molar-refractivity contribution in [2.24, 2.45) is 5.92 Å². The van der Waals surface area contributed by atoms with Crippen LogP contribution in [0.25, 0.3) is 0 Å². The van der Waals surface area contributed by atoms with E-state index in [1.165, 1.54) is 19.1 Å². The molecule has 4 rings (SSSR count). The first-order valence-corrected chi connectivity index (χ1v) is 10.7. The van der Waals surface area contributed by atoms with Gasteiger partial charge in [-0.25, -0.2) is 0 Å². The largest absolute Gasteiger partial charge is 0.497 e. The second-order valence-electron chi connectivity index (χ2n) is 8.02. The predicted octanol–water partition coefficient (Wildman–Crippen LogP) is 3.24. The van der Waals surface area contributed by atoms with E-state index in [0.717, 1.165) is 24.3 Å². The zero-order chi connectivity index (χ0) is 20.9. The molecule has 1 atom stereocenters. The van der Waals surface area contributed by atoms with Crippen LogP contribution in [0.4, 0.5) is 5.69 Å². The molecule has 1 N–H and O–H groups in total. The lowest BCUT2D eigenvalue weighted by Gasteiger charge is -2.40. The van der Waals surface area contributed by atoms with Crippen molar-refractivity contribution in [1.29, 1.82) is 0 Å². The predicted molar refractivity (Wildman–Crippen MR) is 114 cm³/mol. The second kappa shape index (κ2) is 9.34. The SMILES string of the molecule is COc1cccc(NC(=O)[C@@H](C2CCCC2)N2CCN(C(=O)c3ccco3)CC2)c1. The number of rotatable bonds is 6. The van der Waals surface area contributed by atoms with Gasteiger partial charge in [-0.3, -0.25) is 14.5 Å². The van der Waals surface area contributed by atoms with Crippen molar-refractivity contribution in [3.05, 3.63) is 48.4 Å². The van der Waals surface area contributed by atoms with Crippen LogP contribution in [-0.4, -0.2) is 60.9 Å². The maximum atomic E-state index is 13.3. The van der Waals surface area contributed by atoms with Crippen molar-refractivity contribution >= 4 is 17.5 Å². The summed E-state index contributed by atoms with van der Waals surface area (Å²) < 4.78 is 10.5. The molecule has 160 valence electrons. The van der Waals surface area contributed by atoms with Gasteiger partial charge < -0.3 is 19.4 Å². The summed E-state index contributed by atoms with van der Waals surface area (Å²) in [5.74, 6) is 1.38. The van der Waals surface area contributed by atoms with Gasteiger partial charge in [0.15, 0.2) is 5.76 Å². The molecule has 7 heteroatoms. The Bertz CT molecular complexity index is 853. The Kier molecular flexibility index (Phi) is 6.38. The number of hydrogen-bond acceptors (Lipinski definition) is 5. The van der Waals surface area contributed by atoms with Gasteiger partial charge in [0.05, 0.1) is 19.4 Å². The Morgan fingerprint density at radius 1 is 1.10 bits per heavy atom. The van der Waals surface area contributed by atoms with E-state index in [1.807, 2.05) is 24.3 Å². The van der Waals surface area contributed by atoms with Crippen LogP contribution in [0.1, 0.15) is 36.2 Å². The second-order valence-corrected chi connectivity index (χ2v) is 8.02. The highest BCUT2D eigenvalue weighted by molar-refractivity contribution is 5.95.